The molecule has 8 heteroatoms. The first-order valence-corrected chi connectivity index (χ1v) is 12.6. The van der Waals surface area contributed by atoms with E-state index >= 15 is 0 Å². The van der Waals surface area contributed by atoms with Gasteiger partial charge in [-0.2, -0.15) is 0 Å². The van der Waals surface area contributed by atoms with Gasteiger partial charge in [0.05, 0.1) is 17.5 Å². The Bertz CT molecular complexity index is 1140. The second kappa shape index (κ2) is 11.8. The third-order valence-corrected chi connectivity index (χ3v) is 6.81. The molecule has 0 unspecified atom stereocenters. The van der Waals surface area contributed by atoms with Crippen molar-refractivity contribution in [1.29, 1.82) is 0 Å². The lowest BCUT2D eigenvalue weighted by molar-refractivity contribution is -0.126. The minimum Gasteiger partial charge on any atom is -0.376 e. The van der Waals surface area contributed by atoms with Crippen molar-refractivity contribution in [2.75, 3.05) is 24.6 Å². The van der Waals surface area contributed by atoms with Gasteiger partial charge in [0, 0.05) is 18.8 Å². The van der Waals surface area contributed by atoms with Gasteiger partial charge < -0.3 is 15.4 Å². The lowest BCUT2D eigenvalue weighted by atomic mass is 10.0. The van der Waals surface area contributed by atoms with Crippen LogP contribution in [0.4, 0.5) is 5.69 Å². The molecule has 3 aromatic rings. The molecule has 2 N–H and O–H groups in total. The van der Waals surface area contributed by atoms with E-state index in [9.17, 15) is 14.4 Å². The summed E-state index contributed by atoms with van der Waals surface area (Å²) in [5.74, 6) is -1.00. The van der Waals surface area contributed by atoms with Gasteiger partial charge in [0.25, 0.3) is 5.91 Å². The maximum Gasteiger partial charge on any atom is 0.261 e. The summed E-state index contributed by atoms with van der Waals surface area (Å²) in [7, 11) is 0. The fraction of sp³-hybridized carbons (Fsp3) is 0.296. The largest absolute Gasteiger partial charge is 0.376 e. The van der Waals surface area contributed by atoms with Crippen molar-refractivity contribution in [1.82, 2.24) is 10.6 Å². The van der Waals surface area contributed by atoms with Gasteiger partial charge in [0.15, 0.2) is 0 Å². The van der Waals surface area contributed by atoms with E-state index in [0.717, 1.165) is 18.4 Å². The first-order chi connectivity index (χ1) is 17.0. The van der Waals surface area contributed by atoms with E-state index in [1.165, 1.54) is 16.2 Å². The monoisotopic (exact) mass is 491 g/mol. The summed E-state index contributed by atoms with van der Waals surface area (Å²) in [5.41, 5.74) is 2.14. The van der Waals surface area contributed by atoms with Crippen LogP contribution in [0.15, 0.2) is 72.1 Å². The van der Waals surface area contributed by atoms with Crippen molar-refractivity contribution in [3.63, 3.8) is 0 Å². The number of nitrogens with zero attached hydrogens (tertiary/aromatic N) is 1. The molecule has 0 saturated carbocycles. The molecule has 1 aliphatic rings. The van der Waals surface area contributed by atoms with Gasteiger partial charge in [-0.25, -0.2) is 0 Å². The van der Waals surface area contributed by atoms with Crippen molar-refractivity contribution in [2.24, 2.45) is 0 Å². The predicted molar refractivity (Wildman–Crippen MR) is 136 cm³/mol. The molecule has 4 rings (SSSR count). The molecule has 2 aromatic carbocycles. The zero-order chi connectivity index (χ0) is 24.6. The van der Waals surface area contributed by atoms with Crippen LogP contribution >= 0.6 is 11.3 Å². The summed E-state index contributed by atoms with van der Waals surface area (Å²) in [6.07, 6.45) is 1.84. The van der Waals surface area contributed by atoms with Crippen molar-refractivity contribution in [3.05, 3.63) is 88.1 Å². The number of carbonyl (C=O) groups excluding carboxylic acids is 3. The molecule has 1 fully saturated rings. The Morgan fingerprint density at radius 1 is 1.03 bits per heavy atom. The number of ether oxygens (including phenoxy) is 1. The molecular weight excluding hydrogens is 462 g/mol. The van der Waals surface area contributed by atoms with Crippen molar-refractivity contribution < 1.29 is 19.1 Å². The SMILES string of the molecule is Cc1ccccc1N(C(=O)CNC(=O)c1cccs1)[C@@H](C(=O)NC[C@H]1CCCO1)c1ccccc1. The summed E-state index contributed by atoms with van der Waals surface area (Å²) in [6, 6.07) is 19.2. The van der Waals surface area contributed by atoms with Crippen LogP contribution in [0.5, 0.6) is 0 Å². The Morgan fingerprint density at radius 3 is 2.49 bits per heavy atom. The van der Waals surface area contributed by atoms with Gasteiger partial charge in [0.1, 0.15) is 6.04 Å². The number of nitrogens with one attached hydrogen (secondary N) is 2. The summed E-state index contributed by atoms with van der Waals surface area (Å²) in [5, 5.41) is 7.50. The topological polar surface area (TPSA) is 87.7 Å². The van der Waals surface area contributed by atoms with Crippen LogP contribution in [0, 0.1) is 6.92 Å². The predicted octanol–water partition coefficient (Wildman–Crippen LogP) is 3.86. The zero-order valence-electron chi connectivity index (χ0n) is 19.6. The van der Waals surface area contributed by atoms with E-state index in [1.807, 2.05) is 61.5 Å². The van der Waals surface area contributed by atoms with Crippen LogP contribution in [0.3, 0.4) is 0 Å². The Labute approximate surface area is 209 Å². The number of amides is 3. The highest BCUT2D eigenvalue weighted by Gasteiger charge is 2.34. The second-order valence-electron chi connectivity index (χ2n) is 8.40. The number of para-hydroxylation sites is 1. The summed E-state index contributed by atoms with van der Waals surface area (Å²) in [4.78, 5) is 41.8. The van der Waals surface area contributed by atoms with E-state index in [4.69, 9.17) is 4.74 Å². The van der Waals surface area contributed by atoms with Crippen molar-refractivity contribution >= 4 is 34.7 Å². The maximum atomic E-state index is 13.7. The van der Waals surface area contributed by atoms with Gasteiger partial charge in [-0.1, -0.05) is 54.6 Å². The van der Waals surface area contributed by atoms with Gasteiger partial charge in [0.2, 0.25) is 11.8 Å². The Morgan fingerprint density at radius 2 is 1.80 bits per heavy atom. The number of hydrogen-bond donors (Lipinski definition) is 2. The molecule has 0 bridgehead atoms. The molecule has 2 atom stereocenters. The van der Waals surface area contributed by atoms with Crippen LogP contribution in [-0.2, 0) is 14.3 Å². The Kier molecular flexibility index (Phi) is 8.28. The lowest BCUT2D eigenvalue weighted by Gasteiger charge is -2.33. The third kappa shape index (κ3) is 6.15. The maximum absolute atomic E-state index is 13.7. The first kappa shape index (κ1) is 24.6. The van der Waals surface area contributed by atoms with Crippen molar-refractivity contribution in [3.8, 4) is 0 Å². The summed E-state index contributed by atoms with van der Waals surface area (Å²) in [6.45, 7) is 2.73. The minimum absolute atomic E-state index is 0.0249. The van der Waals surface area contributed by atoms with Gasteiger partial charge in [-0.3, -0.25) is 19.3 Å². The molecule has 1 saturated heterocycles. The van der Waals surface area contributed by atoms with E-state index in [2.05, 4.69) is 10.6 Å². The molecule has 2 heterocycles. The molecule has 182 valence electrons. The van der Waals surface area contributed by atoms with E-state index in [1.54, 1.807) is 17.5 Å². The Balaban J connectivity index is 1.64. The number of rotatable bonds is 9. The average molecular weight is 492 g/mol. The van der Waals surface area contributed by atoms with E-state index in [0.29, 0.717) is 29.3 Å². The highest BCUT2D eigenvalue weighted by molar-refractivity contribution is 7.12. The molecule has 1 aromatic heterocycles. The quantitative estimate of drug-likeness (QED) is 0.476. The average Bonchev–Trinajstić information content (AvgIpc) is 3.60. The van der Waals surface area contributed by atoms with E-state index < -0.39 is 6.04 Å². The normalized spacial score (nSPS) is 15.9. The van der Waals surface area contributed by atoms with E-state index in [-0.39, 0.29) is 30.4 Å². The third-order valence-electron chi connectivity index (χ3n) is 5.94. The van der Waals surface area contributed by atoms with Crippen LogP contribution < -0.4 is 15.5 Å². The number of carbonyl (C=O) groups is 3. The fourth-order valence-electron chi connectivity index (χ4n) is 4.16. The summed E-state index contributed by atoms with van der Waals surface area (Å²) >= 11 is 1.30. The van der Waals surface area contributed by atoms with Gasteiger partial charge >= 0.3 is 0 Å². The summed E-state index contributed by atoms with van der Waals surface area (Å²) < 4.78 is 5.66. The molecule has 0 spiro atoms. The van der Waals surface area contributed by atoms with Crippen LogP contribution in [0.1, 0.15) is 39.7 Å². The number of anilines is 1. The lowest BCUT2D eigenvalue weighted by Crippen LogP contribution is -2.48. The molecule has 3 amide bonds. The molecule has 0 aliphatic carbocycles. The van der Waals surface area contributed by atoms with Gasteiger partial charge in [-0.05, 0) is 48.4 Å². The zero-order valence-corrected chi connectivity index (χ0v) is 20.4. The second-order valence-corrected chi connectivity index (χ2v) is 9.35. The highest BCUT2D eigenvalue weighted by Crippen LogP contribution is 2.30. The minimum atomic E-state index is -0.912. The number of hydrogen-bond acceptors (Lipinski definition) is 5. The number of benzene rings is 2. The molecular formula is C27H29N3O4S. The first-order valence-electron chi connectivity index (χ1n) is 11.7. The fourth-order valence-corrected chi connectivity index (χ4v) is 4.80. The van der Waals surface area contributed by atoms with Crippen LogP contribution in [0.2, 0.25) is 0 Å². The van der Waals surface area contributed by atoms with Gasteiger partial charge in [-0.15, -0.1) is 11.3 Å². The number of thiophene rings is 1. The highest BCUT2D eigenvalue weighted by atomic mass is 32.1. The van der Waals surface area contributed by atoms with Crippen LogP contribution in [-0.4, -0.2) is 43.5 Å². The molecule has 0 radical (unpaired) electrons. The van der Waals surface area contributed by atoms with Crippen molar-refractivity contribution in [2.45, 2.75) is 31.9 Å². The molecule has 1 aliphatic heterocycles. The smallest absolute Gasteiger partial charge is 0.261 e. The standard InChI is InChI=1S/C27H29N3O4S/c1-19-9-5-6-13-22(19)30(24(31)18-29-26(32)23-14-8-16-35-23)25(20-10-3-2-4-11-20)27(33)28-17-21-12-7-15-34-21/h2-6,8-11,13-14,16,21,25H,7,12,15,17-18H2,1H3,(H,28,33)(H,29,32)/t21-,25-/m1/s1. The number of aryl methyl sites for hydroxylation is 1. The molecule has 7 nitrogen and oxygen atoms in total. The van der Waals surface area contributed by atoms with Crippen LogP contribution in [0.25, 0.3) is 0 Å². The Hall–Kier alpha value is -3.49. The molecule has 35 heavy (non-hydrogen) atoms.